The number of allylic oxidation sites excluding steroid dienone is 10. The SMILES string of the molecule is CC/C=C/C/C=C/C/C=C/C/C=C/C/C=C/CCCC(=O)OCC(O)CO. The quantitative estimate of drug-likeness (QED) is 0.231. The van der Waals surface area contributed by atoms with Crippen LogP contribution in [-0.2, 0) is 9.53 Å². The van der Waals surface area contributed by atoms with Gasteiger partial charge in [-0.3, -0.25) is 4.79 Å². The Hall–Kier alpha value is -1.91. The summed E-state index contributed by atoms with van der Waals surface area (Å²) in [4.78, 5) is 11.4. The van der Waals surface area contributed by atoms with E-state index in [-0.39, 0.29) is 12.6 Å². The third kappa shape index (κ3) is 20.3. The molecule has 0 radical (unpaired) electrons. The molecule has 0 aliphatic rings. The second-order valence-corrected chi connectivity index (χ2v) is 6.12. The van der Waals surface area contributed by atoms with Crippen LogP contribution in [0.15, 0.2) is 60.8 Å². The topological polar surface area (TPSA) is 66.8 Å². The van der Waals surface area contributed by atoms with Gasteiger partial charge in [-0.15, -0.1) is 0 Å². The first kappa shape index (κ1) is 25.1. The minimum Gasteiger partial charge on any atom is -0.463 e. The third-order valence-electron chi connectivity index (χ3n) is 3.56. The van der Waals surface area contributed by atoms with Crippen LogP contribution in [0.4, 0.5) is 0 Å². The Balaban J connectivity index is 3.53. The highest BCUT2D eigenvalue weighted by Crippen LogP contribution is 2.01. The van der Waals surface area contributed by atoms with Gasteiger partial charge in [0.15, 0.2) is 0 Å². The predicted octanol–water partition coefficient (Wildman–Crippen LogP) is 4.80. The molecule has 0 aromatic heterocycles. The molecule has 1 unspecified atom stereocenters. The molecule has 4 nitrogen and oxygen atoms in total. The molecule has 2 N–H and O–H groups in total. The Labute approximate surface area is 164 Å². The summed E-state index contributed by atoms with van der Waals surface area (Å²) in [7, 11) is 0. The van der Waals surface area contributed by atoms with E-state index in [0.29, 0.717) is 6.42 Å². The van der Waals surface area contributed by atoms with E-state index in [4.69, 9.17) is 14.9 Å². The van der Waals surface area contributed by atoms with Crippen molar-refractivity contribution in [1.29, 1.82) is 0 Å². The maximum absolute atomic E-state index is 11.4. The number of aliphatic hydroxyl groups is 2. The van der Waals surface area contributed by atoms with Crippen LogP contribution in [0.5, 0.6) is 0 Å². The van der Waals surface area contributed by atoms with Crippen molar-refractivity contribution in [3.63, 3.8) is 0 Å². The fourth-order valence-corrected chi connectivity index (χ4v) is 2.05. The maximum atomic E-state index is 11.4. The van der Waals surface area contributed by atoms with Crippen LogP contribution in [-0.4, -0.2) is 35.5 Å². The molecule has 0 saturated carbocycles. The highest BCUT2D eigenvalue weighted by Gasteiger charge is 2.06. The molecular formula is C23H36O4. The molecule has 1 atom stereocenters. The molecule has 0 aliphatic carbocycles. The van der Waals surface area contributed by atoms with Crippen molar-refractivity contribution in [3.05, 3.63) is 60.8 Å². The fourth-order valence-electron chi connectivity index (χ4n) is 2.05. The molecule has 0 saturated heterocycles. The van der Waals surface area contributed by atoms with E-state index in [1.807, 2.05) is 0 Å². The van der Waals surface area contributed by atoms with Crippen molar-refractivity contribution in [1.82, 2.24) is 0 Å². The number of hydrogen-bond acceptors (Lipinski definition) is 4. The minimum atomic E-state index is -0.986. The molecule has 0 bridgehead atoms. The Morgan fingerprint density at radius 1 is 0.852 bits per heavy atom. The number of rotatable bonds is 16. The average molecular weight is 377 g/mol. The molecule has 0 amide bonds. The van der Waals surface area contributed by atoms with Crippen molar-refractivity contribution in [3.8, 4) is 0 Å². The molecule has 27 heavy (non-hydrogen) atoms. The number of ether oxygens (including phenoxy) is 1. The fraction of sp³-hybridized carbons (Fsp3) is 0.522. The number of hydrogen-bond donors (Lipinski definition) is 2. The Bertz CT molecular complexity index is 487. The highest BCUT2D eigenvalue weighted by molar-refractivity contribution is 5.69. The summed E-state index contributed by atoms with van der Waals surface area (Å²) < 4.78 is 4.83. The molecule has 0 aromatic rings. The van der Waals surface area contributed by atoms with E-state index >= 15 is 0 Å². The molecule has 4 heteroatoms. The number of esters is 1. The van der Waals surface area contributed by atoms with E-state index in [1.54, 1.807) is 0 Å². The Kier molecular flexibility index (Phi) is 19.0. The molecule has 0 spiro atoms. The lowest BCUT2D eigenvalue weighted by molar-refractivity contribution is -0.147. The largest absolute Gasteiger partial charge is 0.463 e. The van der Waals surface area contributed by atoms with E-state index in [1.165, 1.54) is 0 Å². The van der Waals surface area contributed by atoms with Gasteiger partial charge in [-0.05, 0) is 44.9 Å². The second-order valence-electron chi connectivity index (χ2n) is 6.12. The monoisotopic (exact) mass is 376 g/mol. The zero-order chi connectivity index (χ0) is 20.0. The zero-order valence-corrected chi connectivity index (χ0v) is 16.6. The first-order valence-corrected chi connectivity index (χ1v) is 9.90. The summed E-state index contributed by atoms with van der Waals surface area (Å²) in [5.74, 6) is -0.338. The van der Waals surface area contributed by atoms with Crippen molar-refractivity contribution in [2.45, 2.75) is 64.4 Å². The van der Waals surface area contributed by atoms with Crippen molar-refractivity contribution < 1.29 is 19.7 Å². The van der Waals surface area contributed by atoms with Crippen molar-refractivity contribution >= 4 is 5.97 Å². The van der Waals surface area contributed by atoms with Crippen LogP contribution in [0.1, 0.15) is 58.3 Å². The number of carbonyl (C=O) groups excluding carboxylic acids is 1. The number of unbranched alkanes of at least 4 members (excludes halogenated alkanes) is 1. The van der Waals surface area contributed by atoms with E-state index in [0.717, 1.165) is 44.9 Å². The molecule has 0 rings (SSSR count). The van der Waals surface area contributed by atoms with Gasteiger partial charge in [-0.2, -0.15) is 0 Å². The standard InChI is InChI=1S/C23H36O4/c1-2-3-4-5-6-7-8-9-10-11-12-13-14-15-16-17-18-19-23(26)27-21-22(25)20-24/h3-4,6-7,9-10,12-13,15-16,22,24-25H,2,5,8,11,14,17-21H2,1H3/b4-3+,7-6+,10-9+,13-12+,16-15+. The Morgan fingerprint density at radius 3 is 1.81 bits per heavy atom. The molecule has 0 aromatic carbocycles. The molecular weight excluding hydrogens is 340 g/mol. The van der Waals surface area contributed by atoms with Gasteiger partial charge in [0.05, 0.1) is 6.61 Å². The maximum Gasteiger partial charge on any atom is 0.305 e. The van der Waals surface area contributed by atoms with Gasteiger partial charge >= 0.3 is 5.97 Å². The van der Waals surface area contributed by atoms with Gasteiger partial charge in [-0.25, -0.2) is 0 Å². The van der Waals surface area contributed by atoms with Crippen LogP contribution in [0, 0.1) is 0 Å². The van der Waals surface area contributed by atoms with Crippen molar-refractivity contribution in [2.24, 2.45) is 0 Å². The van der Waals surface area contributed by atoms with Crippen LogP contribution in [0.2, 0.25) is 0 Å². The van der Waals surface area contributed by atoms with Gasteiger partial charge in [-0.1, -0.05) is 67.7 Å². The summed E-state index contributed by atoms with van der Waals surface area (Å²) in [5.41, 5.74) is 0. The van der Waals surface area contributed by atoms with Gasteiger partial charge in [0.25, 0.3) is 0 Å². The summed E-state index contributed by atoms with van der Waals surface area (Å²) >= 11 is 0. The zero-order valence-electron chi connectivity index (χ0n) is 16.6. The van der Waals surface area contributed by atoms with Crippen LogP contribution < -0.4 is 0 Å². The smallest absolute Gasteiger partial charge is 0.305 e. The lowest BCUT2D eigenvalue weighted by Crippen LogP contribution is -2.21. The summed E-state index contributed by atoms with van der Waals surface area (Å²) in [5, 5.41) is 17.7. The lowest BCUT2D eigenvalue weighted by Gasteiger charge is -2.07. The van der Waals surface area contributed by atoms with Crippen LogP contribution in [0.25, 0.3) is 0 Å². The van der Waals surface area contributed by atoms with E-state index in [9.17, 15) is 4.79 Å². The average Bonchev–Trinajstić information content (AvgIpc) is 2.68. The predicted molar refractivity (Wildman–Crippen MR) is 112 cm³/mol. The van der Waals surface area contributed by atoms with E-state index in [2.05, 4.69) is 67.7 Å². The molecule has 0 aliphatic heterocycles. The lowest BCUT2D eigenvalue weighted by atomic mass is 10.2. The summed E-state index contributed by atoms with van der Waals surface area (Å²) in [6.45, 7) is 1.60. The molecule has 152 valence electrons. The highest BCUT2D eigenvalue weighted by atomic mass is 16.5. The van der Waals surface area contributed by atoms with Crippen LogP contribution >= 0.6 is 0 Å². The molecule has 0 heterocycles. The van der Waals surface area contributed by atoms with Gasteiger partial charge < -0.3 is 14.9 Å². The first-order valence-electron chi connectivity index (χ1n) is 9.90. The first-order chi connectivity index (χ1) is 13.2. The van der Waals surface area contributed by atoms with Gasteiger partial charge in [0.2, 0.25) is 0 Å². The minimum absolute atomic E-state index is 0.142. The molecule has 0 fully saturated rings. The summed E-state index contributed by atoms with van der Waals surface area (Å²) in [6.07, 6.45) is 27.4. The van der Waals surface area contributed by atoms with Gasteiger partial charge in [0, 0.05) is 6.42 Å². The van der Waals surface area contributed by atoms with E-state index < -0.39 is 12.7 Å². The van der Waals surface area contributed by atoms with Crippen molar-refractivity contribution in [2.75, 3.05) is 13.2 Å². The summed E-state index contributed by atoms with van der Waals surface area (Å²) in [6, 6.07) is 0. The number of aliphatic hydroxyl groups excluding tert-OH is 2. The Morgan fingerprint density at radius 2 is 1.33 bits per heavy atom. The second kappa shape index (κ2) is 20.4. The number of carbonyl (C=O) groups is 1. The normalized spacial score (nSPS) is 13.7. The van der Waals surface area contributed by atoms with Crippen LogP contribution in [0.3, 0.4) is 0 Å². The third-order valence-corrected chi connectivity index (χ3v) is 3.56. The van der Waals surface area contributed by atoms with Gasteiger partial charge in [0.1, 0.15) is 12.7 Å².